The van der Waals surface area contributed by atoms with E-state index in [4.69, 9.17) is 0 Å². The molecule has 0 aromatic heterocycles. The van der Waals surface area contributed by atoms with Crippen LogP contribution in [0.1, 0.15) is 24.5 Å². The van der Waals surface area contributed by atoms with Crippen LogP contribution in [0.3, 0.4) is 0 Å². The fourth-order valence-corrected chi connectivity index (χ4v) is 4.25. The predicted octanol–water partition coefficient (Wildman–Crippen LogP) is 3.25. The van der Waals surface area contributed by atoms with E-state index in [-0.39, 0.29) is 22.9 Å². The molecule has 0 bridgehead atoms. The Morgan fingerprint density at radius 3 is 2.59 bits per heavy atom. The van der Waals surface area contributed by atoms with Crippen molar-refractivity contribution in [3.63, 3.8) is 0 Å². The molecule has 5 heteroatoms. The molecule has 4 nitrogen and oxygen atoms in total. The quantitative estimate of drug-likeness (QED) is 0.867. The molecule has 0 aliphatic carbocycles. The van der Waals surface area contributed by atoms with Crippen LogP contribution in [0.2, 0.25) is 0 Å². The summed E-state index contributed by atoms with van der Waals surface area (Å²) < 4.78 is 0. The average molecular weight is 315 g/mol. The monoisotopic (exact) mass is 315 g/mol. The zero-order valence-electron chi connectivity index (χ0n) is 12.4. The Labute approximate surface area is 133 Å². The number of hydrogen-bond donors (Lipinski definition) is 1. The SMILES string of the molecule is CC[C@H]1C(=O)N2C(C(=O)O)=C(C=Cc3ccc(C)cc3)S[C@H]12. The summed E-state index contributed by atoms with van der Waals surface area (Å²) >= 11 is 1.47. The first kappa shape index (κ1) is 14.9. The van der Waals surface area contributed by atoms with Gasteiger partial charge in [-0.25, -0.2) is 4.79 Å². The average Bonchev–Trinajstić information content (AvgIpc) is 2.82. The Balaban J connectivity index is 1.88. The van der Waals surface area contributed by atoms with E-state index >= 15 is 0 Å². The molecule has 22 heavy (non-hydrogen) atoms. The molecule has 2 heterocycles. The van der Waals surface area contributed by atoms with Gasteiger partial charge in [-0.05, 0) is 25.0 Å². The zero-order valence-corrected chi connectivity index (χ0v) is 13.3. The highest BCUT2D eigenvalue weighted by atomic mass is 32.2. The Kier molecular flexibility index (Phi) is 3.83. The minimum absolute atomic E-state index is 0.0544. The van der Waals surface area contributed by atoms with E-state index in [9.17, 15) is 14.7 Å². The number of carbonyl (C=O) groups is 2. The minimum Gasteiger partial charge on any atom is -0.477 e. The van der Waals surface area contributed by atoms with Crippen molar-refractivity contribution >= 4 is 29.7 Å². The normalized spacial score (nSPS) is 23.9. The van der Waals surface area contributed by atoms with Crippen LogP contribution in [0.4, 0.5) is 0 Å². The van der Waals surface area contributed by atoms with Crippen LogP contribution in [0.15, 0.2) is 40.9 Å². The van der Waals surface area contributed by atoms with Crippen molar-refractivity contribution in [2.75, 3.05) is 0 Å². The van der Waals surface area contributed by atoms with E-state index in [1.54, 1.807) is 6.08 Å². The summed E-state index contributed by atoms with van der Waals surface area (Å²) in [5, 5.41) is 9.36. The highest BCUT2D eigenvalue weighted by Crippen LogP contribution is 2.50. The Morgan fingerprint density at radius 2 is 2.00 bits per heavy atom. The van der Waals surface area contributed by atoms with Crippen LogP contribution in [0.25, 0.3) is 6.08 Å². The fraction of sp³-hybridized carbons (Fsp3) is 0.294. The molecule has 2 aliphatic rings. The van der Waals surface area contributed by atoms with Gasteiger partial charge in [0.1, 0.15) is 5.70 Å². The summed E-state index contributed by atoms with van der Waals surface area (Å²) in [6, 6.07) is 8.00. The molecule has 1 saturated heterocycles. The number of thioether (sulfide) groups is 1. The molecule has 1 amide bonds. The highest BCUT2D eigenvalue weighted by Gasteiger charge is 2.54. The van der Waals surface area contributed by atoms with Crippen LogP contribution < -0.4 is 0 Å². The zero-order chi connectivity index (χ0) is 15.9. The lowest BCUT2D eigenvalue weighted by Gasteiger charge is -2.41. The fourth-order valence-electron chi connectivity index (χ4n) is 2.75. The van der Waals surface area contributed by atoms with Crippen LogP contribution >= 0.6 is 11.8 Å². The molecular formula is C17H17NO3S. The summed E-state index contributed by atoms with van der Waals surface area (Å²) in [7, 11) is 0. The maximum atomic E-state index is 12.0. The summed E-state index contributed by atoms with van der Waals surface area (Å²) in [6.07, 6.45) is 4.44. The van der Waals surface area contributed by atoms with Gasteiger partial charge in [0.05, 0.1) is 11.3 Å². The van der Waals surface area contributed by atoms with Gasteiger partial charge in [0.25, 0.3) is 0 Å². The first-order valence-corrected chi connectivity index (χ1v) is 8.13. The van der Waals surface area contributed by atoms with Crippen LogP contribution in [0.5, 0.6) is 0 Å². The number of aliphatic carboxylic acids is 1. The van der Waals surface area contributed by atoms with Gasteiger partial charge in [-0.1, -0.05) is 54.6 Å². The number of carboxylic acid groups (broad SMARTS) is 1. The minimum atomic E-state index is -1.04. The summed E-state index contributed by atoms with van der Waals surface area (Å²) in [5.74, 6) is -1.18. The molecule has 114 valence electrons. The molecule has 0 saturated carbocycles. The van der Waals surface area contributed by atoms with Crippen molar-refractivity contribution in [3.05, 3.63) is 52.1 Å². The molecule has 1 fully saturated rings. The second-order valence-corrected chi connectivity index (χ2v) is 6.65. The number of β-lactam (4-membered cyclic amide) rings is 1. The van der Waals surface area contributed by atoms with Gasteiger partial charge in [0.15, 0.2) is 0 Å². The number of nitrogens with zero attached hydrogens (tertiary/aromatic N) is 1. The third-order valence-electron chi connectivity index (χ3n) is 4.02. The van der Waals surface area contributed by atoms with Gasteiger partial charge in [0, 0.05) is 4.91 Å². The topological polar surface area (TPSA) is 57.6 Å². The molecule has 0 radical (unpaired) electrons. The number of hydrogen-bond acceptors (Lipinski definition) is 3. The predicted molar refractivity (Wildman–Crippen MR) is 86.9 cm³/mol. The lowest BCUT2D eigenvalue weighted by atomic mass is 9.94. The van der Waals surface area contributed by atoms with Crippen molar-refractivity contribution in [2.45, 2.75) is 25.6 Å². The largest absolute Gasteiger partial charge is 0.477 e. The van der Waals surface area contributed by atoms with E-state index in [0.717, 1.165) is 12.0 Å². The molecule has 2 aliphatic heterocycles. The van der Waals surface area contributed by atoms with Gasteiger partial charge in [0.2, 0.25) is 5.91 Å². The summed E-state index contributed by atoms with van der Waals surface area (Å²) in [5.41, 5.74) is 2.31. The molecule has 3 rings (SSSR count). The second-order valence-electron chi connectivity index (χ2n) is 5.49. The lowest BCUT2D eigenvalue weighted by molar-refractivity contribution is -0.151. The summed E-state index contributed by atoms with van der Waals surface area (Å²) in [4.78, 5) is 25.6. The number of rotatable bonds is 4. The first-order valence-electron chi connectivity index (χ1n) is 7.25. The maximum absolute atomic E-state index is 12.0. The van der Waals surface area contributed by atoms with E-state index in [1.807, 2.05) is 44.2 Å². The van der Waals surface area contributed by atoms with Gasteiger partial charge in [-0.2, -0.15) is 0 Å². The Morgan fingerprint density at radius 1 is 1.32 bits per heavy atom. The van der Waals surface area contributed by atoms with Crippen molar-refractivity contribution in [1.82, 2.24) is 4.90 Å². The van der Waals surface area contributed by atoms with E-state index in [2.05, 4.69) is 0 Å². The standard InChI is InChI=1S/C17H17NO3S/c1-3-12-15(19)18-14(17(20)21)13(22-16(12)18)9-8-11-6-4-10(2)5-7-11/h4-9,12,16H,3H2,1-2H3,(H,20,21)/t12-,16+/m0/s1. The molecule has 0 unspecified atom stereocenters. The van der Waals surface area contributed by atoms with Crippen molar-refractivity contribution < 1.29 is 14.7 Å². The number of aryl methyl sites for hydroxylation is 1. The van der Waals surface area contributed by atoms with Crippen molar-refractivity contribution in [3.8, 4) is 0 Å². The number of fused-ring (bicyclic) bond motifs is 1. The van der Waals surface area contributed by atoms with Crippen LogP contribution in [0, 0.1) is 12.8 Å². The molecule has 1 aromatic carbocycles. The third-order valence-corrected chi connectivity index (χ3v) is 5.39. The van der Waals surface area contributed by atoms with E-state index < -0.39 is 5.97 Å². The molecule has 1 aromatic rings. The molecular weight excluding hydrogens is 298 g/mol. The second kappa shape index (κ2) is 5.65. The van der Waals surface area contributed by atoms with Gasteiger partial charge >= 0.3 is 5.97 Å². The van der Waals surface area contributed by atoms with E-state index in [1.165, 1.54) is 22.2 Å². The third kappa shape index (κ3) is 2.35. The number of allylic oxidation sites excluding steroid dienone is 1. The molecule has 0 spiro atoms. The smallest absolute Gasteiger partial charge is 0.353 e. The number of carboxylic acids is 1. The number of amides is 1. The van der Waals surface area contributed by atoms with E-state index in [0.29, 0.717) is 4.91 Å². The van der Waals surface area contributed by atoms with Gasteiger partial charge in [-0.3, -0.25) is 9.69 Å². The molecule has 2 atom stereocenters. The lowest BCUT2D eigenvalue weighted by Crippen LogP contribution is -2.56. The Hall–Kier alpha value is -2.01. The van der Waals surface area contributed by atoms with Gasteiger partial charge in [-0.15, -0.1) is 0 Å². The van der Waals surface area contributed by atoms with Crippen LogP contribution in [-0.2, 0) is 9.59 Å². The maximum Gasteiger partial charge on any atom is 0.353 e. The first-order chi connectivity index (χ1) is 10.5. The van der Waals surface area contributed by atoms with Crippen LogP contribution in [-0.4, -0.2) is 27.3 Å². The van der Waals surface area contributed by atoms with Crippen molar-refractivity contribution in [1.29, 1.82) is 0 Å². The highest BCUT2D eigenvalue weighted by molar-refractivity contribution is 8.04. The van der Waals surface area contributed by atoms with Crippen molar-refractivity contribution in [2.24, 2.45) is 5.92 Å². The Bertz CT molecular complexity index is 690. The number of carbonyl (C=O) groups excluding carboxylic acids is 1. The summed E-state index contributed by atoms with van der Waals surface area (Å²) in [6.45, 7) is 3.98. The van der Waals surface area contributed by atoms with Gasteiger partial charge < -0.3 is 5.11 Å². The number of benzene rings is 1. The molecule has 1 N–H and O–H groups in total.